The number of pyridine rings is 1. The Morgan fingerprint density at radius 2 is 2.12 bits per heavy atom. The summed E-state index contributed by atoms with van der Waals surface area (Å²) in [6, 6.07) is 3.70. The molecule has 0 bridgehead atoms. The molecule has 1 amide bonds. The van der Waals surface area contributed by atoms with Gasteiger partial charge in [-0.25, -0.2) is 9.97 Å². The molecule has 4 heterocycles. The summed E-state index contributed by atoms with van der Waals surface area (Å²) in [7, 11) is 0. The quantitative estimate of drug-likeness (QED) is 0.790. The second-order valence-electron chi connectivity index (χ2n) is 6.01. The summed E-state index contributed by atoms with van der Waals surface area (Å²) in [5, 5.41) is 0. The van der Waals surface area contributed by atoms with Crippen LogP contribution >= 0.6 is 0 Å². The van der Waals surface area contributed by atoms with Crippen molar-refractivity contribution in [3.8, 4) is 11.5 Å². The molecule has 1 atom stereocenters. The normalized spacial score (nSPS) is 17.0. The van der Waals surface area contributed by atoms with Crippen LogP contribution in [0.2, 0.25) is 0 Å². The Balaban J connectivity index is 1.61. The molecule has 0 aromatic carbocycles. The first-order valence-electron chi connectivity index (χ1n) is 8.32. The second kappa shape index (κ2) is 6.80. The van der Waals surface area contributed by atoms with Gasteiger partial charge >= 0.3 is 0 Å². The van der Waals surface area contributed by atoms with Gasteiger partial charge in [0.05, 0.1) is 18.2 Å². The molecule has 0 saturated carbocycles. The fourth-order valence-electron chi connectivity index (χ4n) is 3.30. The van der Waals surface area contributed by atoms with Gasteiger partial charge in [0.1, 0.15) is 5.69 Å². The third kappa shape index (κ3) is 3.13. The lowest BCUT2D eigenvalue weighted by molar-refractivity contribution is -0.131. The molecule has 7 nitrogen and oxygen atoms in total. The predicted octanol–water partition coefficient (Wildman–Crippen LogP) is 2.17. The van der Waals surface area contributed by atoms with Crippen LogP contribution in [-0.4, -0.2) is 42.3 Å². The number of rotatable bonds is 4. The van der Waals surface area contributed by atoms with E-state index >= 15 is 0 Å². The molecule has 0 spiro atoms. The van der Waals surface area contributed by atoms with Crippen LogP contribution in [0, 0.1) is 0 Å². The van der Waals surface area contributed by atoms with Gasteiger partial charge in [-0.1, -0.05) is 6.07 Å². The van der Waals surface area contributed by atoms with E-state index in [9.17, 15) is 4.79 Å². The number of likely N-dealkylation sites (tertiary alicyclic amines) is 1. The fraction of sp³-hybridized carbons (Fsp3) is 0.278. The summed E-state index contributed by atoms with van der Waals surface area (Å²) in [4.78, 5) is 35.1. The van der Waals surface area contributed by atoms with E-state index in [4.69, 9.17) is 0 Å². The standard InChI is InChI=1S/C18H18N6O/c25-15(11-13-3-1-5-19-12-13)24-10-2-4-14(24)16-17(21-7-6-20-16)18-22-8-9-23-18/h1,3,5-9,12,14H,2,4,10-11H2,(H,22,23)/t14-/m0/s1. The van der Waals surface area contributed by atoms with Crippen LogP contribution in [0.25, 0.3) is 11.5 Å². The van der Waals surface area contributed by atoms with Gasteiger partial charge in [0, 0.05) is 43.7 Å². The van der Waals surface area contributed by atoms with E-state index in [-0.39, 0.29) is 11.9 Å². The van der Waals surface area contributed by atoms with E-state index in [2.05, 4.69) is 24.9 Å². The van der Waals surface area contributed by atoms with Crippen LogP contribution in [0.5, 0.6) is 0 Å². The topological polar surface area (TPSA) is 87.7 Å². The Bertz CT molecular complexity index is 849. The molecular formula is C18H18N6O. The van der Waals surface area contributed by atoms with E-state index in [1.165, 1.54) is 0 Å². The molecule has 1 aliphatic rings. The fourth-order valence-corrected chi connectivity index (χ4v) is 3.30. The molecule has 1 fully saturated rings. The maximum atomic E-state index is 12.8. The number of aromatic nitrogens is 5. The molecule has 126 valence electrons. The molecular weight excluding hydrogens is 316 g/mol. The maximum absolute atomic E-state index is 12.8. The summed E-state index contributed by atoms with van der Waals surface area (Å²) in [5.41, 5.74) is 2.43. The minimum absolute atomic E-state index is 0.0713. The van der Waals surface area contributed by atoms with Crippen molar-refractivity contribution >= 4 is 5.91 Å². The summed E-state index contributed by atoms with van der Waals surface area (Å²) in [5.74, 6) is 0.765. The van der Waals surface area contributed by atoms with E-state index in [1.54, 1.807) is 37.2 Å². The highest BCUT2D eigenvalue weighted by Gasteiger charge is 2.33. The first-order valence-corrected chi connectivity index (χ1v) is 8.32. The number of carbonyl (C=O) groups is 1. The number of hydrogen-bond acceptors (Lipinski definition) is 5. The first kappa shape index (κ1) is 15.4. The van der Waals surface area contributed by atoms with Gasteiger partial charge in [0.25, 0.3) is 0 Å². The van der Waals surface area contributed by atoms with Crippen molar-refractivity contribution in [3.05, 3.63) is 60.6 Å². The summed E-state index contributed by atoms with van der Waals surface area (Å²) in [6.07, 6.45) is 12.4. The number of hydrogen-bond donors (Lipinski definition) is 1. The number of amides is 1. The van der Waals surface area contributed by atoms with Crippen LogP contribution in [-0.2, 0) is 11.2 Å². The van der Waals surface area contributed by atoms with Crippen molar-refractivity contribution in [2.75, 3.05) is 6.54 Å². The molecule has 0 aliphatic carbocycles. The number of aromatic amines is 1. The van der Waals surface area contributed by atoms with Gasteiger partial charge < -0.3 is 9.88 Å². The molecule has 1 N–H and O–H groups in total. The summed E-state index contributed by atoms with van der Waals surface area (Å²) in [6.45, 7) is 0.734. The number of carbonyl (C=O) groups excluding carboxylic acids is 1. The molecule has 7 heteroatoms. The van der Waals surface area contributed by atoms with Crippen LogP contribution in [0.3, 0.4) is 0 Å². The zero-order chi connectivity index (χ0) is 17.1. The molecule has 4 rings (SSSR count). The van der Waals surface area contributed by atoms with Gasteiger partial charge in [0.15, 0.2) is 5.82 Å². The van der Waals surface area contributed by atoms with Crippen molar-refractivity contribution in [1.29, 1.82) is 0 Å². The zero-order valence-corrected chi connectivity index (χ0v) is 13.7. The Labute approximate surface area is 145 Å². The van der Waals surface area contributed by atoms with Crippen LogP contribution < -0.4 is 0 Å². The average molecular weight is 334 g/mol. The Morgan fingerprint density at radius 3 is 2.92 bits per heavy atom. The monoisotopic (exact) mass is 334 g/mol. The van der Waals surface area contributed by atoms with Crippen LogP contribution in [0.1, 0.15) is 30.1 Å². The molecule has 3 aromatic rings. The zero-order valence-electron chi connectivity index (χ0n) is 13.7. The lowest BCUT2D eigenvalue weighted by atomic mass is 10.1. The largest absolute Gasteiger partial charge is 0.343 e. The van der Waals surface area contributed by atoms with Crippen molar-refractivity contribution in [2.45, 2.75) is 25.3 Å². The lowest BCUT2D eigenvalue weighted by Crippen LogP contribution is -2.32. The molecule has 3 aromatic heterocycles. The van der Waals surface area contributed by atoms with E-state index in [0.717, 1.165) is 30.6 Å². The van der Waals surface area contributed by atoms with Crippen molar-refractivity contribution in [3.63, 3.8) is 0 Å². The van der Waals surface area contributed by atoms with E-state index in [0.29, 0.717) is 17.9 Å². The SMILES string of the molecule is O=C(Cc1cccnc1)N1CCC[C@H]1c1nccnc1-c1ncc[nH]1. The van der Waals surface area contributed by atoms with E-state index in [1.807, 2.05) is 17.0 Å². The van der Waals surface area contributed by atoms with Gasteiger partial charge in [-0.3, -0.25) is 14.8 Å². The minimum Gasteiger partial charge on any atom is -0.343 e. The highest BCUT2D eigenvalue weighted by atomic mass is 16.2. The highest BCUT2D eigenvalue weighted by molar-refractivity contribution is 5.79. The summed E-state index contributed by atoms with van der Waals surface area (Å²) >= 11 is 0. The maximum Gasteiger partial charge on any atom is 0.227 e. The average Bonchev–Trinajstić information content (AvgIpc) is 3.34. The number of nitrogens with one attached hydrogen (secondary N) is 1. The molecule has 0 radical (unpaired) electrons. The van der Waals surface area contributed by atoms with Crippen molar-refractivity contribution in [1.82, 2.24) is 29.8 Å². The number of H-pyrrole nitrogens is 1. The molecule has 1 saturated heterocycles. The van der Waals surface area contributed by atoms with Crippen molar-refractivity contribution < 1.29 is 4.79 Å². The number of nitrogens with zero attached hydrogens (tertiary/aromatic N) is 5. The van der Waals surface area contributed by atoms with Gasteiger partial charge in [-0.2, -0.15) is 0 Å². The number of imidazole rings is 1. The van der Waals surface area contributed by atoms with Gasteiger partial charge in [0.2, 0.25) is 5.91 Å². The Morgan fingerprint density at radius 1 is 1.20 bits per heavy atom. The highest BCUT2D eigenvalue weighted by Crippen LogP contribution is 2.34. The minimum atomic E-state index is -0.0713. The Hall–Kier alpha value is -3.09. The van der Waals surface area contributed by atoms with Gasteiger partial charge in [-0.15, -0.1) is 0 Å². The molecule has 1 aliphatic heterocycles. The van der Waals surface area contributed by atoms with Crippen LogP contribution in [0.4, 0.5) is 0 Å². The first-order chi connectivity index (χ1) is 12.3. The predicted molar refractivity (Wildman–Crippen MR) is 91.2 cm³/mol. The molecule has 25 heavy (non-hydrogen) atoms. The second-order valence-corrected chi connectivity index (χ2v) is 6.01. The smallest absolute Gasteiger partial charge is 0.227 e. The molecule has 0 unspecified atom stereocenters. The lowest BCUT2D eigenvalue weighted by Gasteiger charge is -2.25. The van der Waals surface area contributed by atoms with Gasteiger partial charge in [-0.05, 0) is 24.5 Å². The third-order valence-corrected chi connectivity index (χ3v) is 4.42. The van der Waals surface area contributed by atoms with E-state index < -0.39 is 0 Å². The van der Waals surface area contributed by atoms with Crippen molar-refractivity contribution in [2.24, 2.45) is 0 Å². The Kier molecular flexibility index (Phi) is 4.20. The third-order valence-electron chi connectivity index (χ3n) is 4.42. The summed E-state index contributed by atoms with van der Waals surface area (Å²) < 4.78 is 0. The van der Waals surface area contributed by atoms with Crippen LogP contribution in [0.15, 0.2) is 49.3 Å².